The Morgan fingerprint density at radius 1 is 1.19 bits per heavy atom. The maximum absolute atomic E-state index is 14.8. The van der Waals surface area contributed by atoms with Crippen LogP contribution in [-0.2, 0) is 4.79 Å². The Morgan fingerprint density at radius 3 is 2.50 bits per heavy atom. The summed E-state index contributed by atoms with van der Waals surface area (Å²) >= 11 is 0. The molecule has 13 nitrogen and oxygen atoms in total. The smallest absolute Gasteiger partial charge is 0.493 e. The Kier molecular flexibility index (Phi) is 6.61. The number of carbonyl (C=O) groups is 1. The molecular weight excluding hydrogens is 479 g/mol. The number of benzene rings is 1. The third kappa shape index (κ3) is 4.57. The molecule has 0 saturated carbocycles. The molecule has 0 unspecified atom stereocenters. The minimum absolute atomic E-state index is 0.00703. The van der Waals surface area contributed by atoms with Crippen molar-refractivity contribution in [1.82, 2.24) is 15.0 Å². The molecule has 36 heavy (non-hydrogen) atoms. The molecule has 0 saturated heterocycles. The molecule has 0 radical (unpaired) electrons. The molecule has 0 aliphatic carbocycles. The first kappa shape index (κ1) is 24.7. The van der Waals surface area contributed by atoms with Crippen LogP contribution >= 0.6 is 0 Å². The van der Waals surface area contributed by atoms with Gasteiger partial charge in [0.15, 0.2) is 23.1 Å². The van der Waals surface area contributed by atoms with Crippen molar-refractivity contribution in [3.05, 3.63) is 30.4 Å². The minimum Gasteiger partial charge on any atom is -0.493 e. The summed E-state index contributed by atoms with van der Waals surface area (Å²) in [5, 5.41) is 15.5. The van der Waals surface area contributed by atoms with Crippen molar-refractivity contribution >= 4 is 35.0 Å². The van der Waals surface area contributed by atoms with Gasteiger partial charge in [-0.1, -0.05) is 0 Å². The van der Waals surface area contributed by atoms with Crippen molar-refractivity contribution in [3.63, 3.8) is 0 Å². The molecule has 0 fully saturated rings. The number of rotatable bonds is 8. The topological polar surface area (TPSA) is 151 Å². The van der Waals surface area contributed by atoms with Crippen molar-refractivity contribution in [3.8, 4) is 23.2 Å². The van der Waals surface area contributed by atoms with Crippen LogP contribution in [0.25, 0.3) is 0 Å². The second kappa shape index (κ2) is 9.65. The standard InChI is InChI=1S/C22H23FN6O7/c1-22(2)20(31)27-17-19(36-22)35-9-15(26-17)29(10-30)18-12(23)8-24-21(28-18)25-11-6-13(32-3)16(34-5)14(7-11)33-4/h6-9,30H,10H2,1-5H3,(H-,24,25,26,27,28,31)/p+1. The van der Waals surface area contributed by atoms with Crippen LogP contribution < -0.4 is 34.5 Å². The summed E-state index contributed by atoms with van der Waals surface area (Å²) in [5.41, 5.74) is -0.704. The van der Waals surface area contributed by atoms with Gasteiger partial charge in [-0.2, -0.15) is 9.97 Å². The molecule has 14 heteroatoms. The first-order chi connectivity index (χ1) is 17.2. The number of nitrogens with zero attached hydrogens (tertiary/aromatic N) is 4. The lowest BCUT2D eigenvalue weighted by Gasteiger charge is -2.23. The molecule has 1 aliphatic rings. The second-order valence-electron chi connectivity index (χ2n) is 7.88. The fraction of sp³-hybridized carbons (Fsp3) is 0.318. The number of hydrogen-bond donors (Lipinski definition) is 3. The summed E-state index contributed by atoms with van der Waals surface area (Å²) in [4.78, 5) is 25.6. The van der Waals surface area contributed by atoms with E-state index in [1.54, 1.807) is 26.0 Å². The molecule has 1 aromatic carbocycles. The van der Waals surface area contributed by atoms with Crippen molar-refractivity contribution in [2.45, 2.75) is 19.4 Å². The number of carbonyl (C=O) groups excluding carboxylic acids is 1. The maximum atomic E-state index is 14.8. The number of anilines is 5. The predicted octanol–water partition coefficient (Wildman–Crippen LogP) is 2.85. The van der Waals surface area contributed by atoms with Crippen LogP contribution in [0.3, 0.4) is 0 Å². The number of nitrogens with one attached hydrogen (secondary N) is 2. The molecule has 1 aliphatic heterocycles. The number of amides is 1. The van der Waals surface area contributed by atoms with Crippen LogP contribution in [-0.4, -0.2) is 59.6 Å². The summed E-state index contributed by atoms with van der Waals surface area (Å²) in [7, 11) is 4.42. The average molecular weight is 503 g/mol. The maximum Gasteiger partial charge on any atom is 0.564 e. The van der Waals surface area contributed by atoms with E-state index < -0.39 is 24.1 Å². The molecule has 0 spiro atoms. The van der Waals surface area contributed by atoms with Crippen LogP contribution in [0.1, 0.15) is 13.8 Å². The minimum atomic E-state index is -1.16. The third-order valence-electron chi connectivity index (χ3n) is 5.14. The summed E-state index contributed by atoms with van der Waals surface area (Å²) in [6.07, 6.45) is 2.06. The van der Waals surface area contributed by atoms with E-state index in [0.29, 0.717) is 22.9 Å². The zero-order chi connectivity index (χ0) is 26.0. The average Bonchev–Trinajstić information content (AvgIpc) is 2.86. The number of methoxy groups -OCH3 is 3. The Balaban J connectivity index is 1.67. The summed E-state index contributed by atoms with van der Waals surface area (Å²) in [6, 6.07) is 3.23. The highest BCUT2D eigenvalue weighted by atomic mass is 19.1. The molecule has 0 atom stereocenters. The summed E-state index contributed by atoms with van der Waals surface area (Å²) in [6.45, 7) is 2.40. The Bertz CT molecular complexity index is 1280. The van der Waals surface area contributed by atoms with Gasteiger partial charge in [0.1, 0.15) is 6.73 Å². The molecule has 3 heterocycles. The molecule has 0 bridgehead atoms. The van der Waals surface area contributed by atoms with E-state index in [2.05, 4.69) is 25.6 Å². The van der Waals surface area contributed by atoms with E-state index in [4.69, 9.17) is 23.4 Å². The van der Waals surface area contributed by atoms with Crippen LogP contribution in [0.5, 0.6) is 23.2 Å². The summed E-state index contributed by atoms with van der Waals surface area (Å²) in [5.74, 6) is -0.570. The van der Waals surface area contributed by atoms with Gasteiger partial charge in [-0.15, -0.1) is 0 Å². The van der Waals surface area contributed by atoms with Crippen molar-refractivity contribution in [2.24, 2.45) is 0 Å². The Hall–Kier alpha value is -4.46. The molecular formula is C22H24FN6O7+. The number of ether oxygens (including phenoxy) is 4. The monoisotopic (exact) mass is 503 g/mol. The van der Waals surface area contributed by atoms with Crippen molar-refractivity contribution in [2.75, 3.05) is 43.6 Å². The van der Waals surface area contributed by atoms with E-state index in [-0.39, 0.29) is 29.3 Å². The van der Waals surface area contributed by atoms with Gasteiger partial charge in [-0.05, 0) is 0 Å². The molecule has 4 rings (SSSR count). The Morgan fingerprint density at radius 2 is 1.89 bits per heavy atom. The second-order valence-corrected chi connectivity index (χ2v) is 7.88. The van der Waals surface area contributed by atoms with E-state index >= 15 is 0 Å². The molecule has 2 aromatic heterocycles. The van der Waals surface area contributed by atoms with Crippen LogP contribution in [0.4, 0.5) is 33.5 Å². The first-order valence-electron chi connectivity index (χ1n) is 10.5. The molecule has 190 valence electrons. The Labute approximate surface area is 204 Å². The number of aromatic nitrogens is 3. The summed E-state index contributed by atoms with van der Waals surface area (Å²) < 4.78 is 41.7. The molecule has 1 amide bonds. The lowest BCUT2D eigenvalue weighted by Crippen LogP contribution is -2.46. The number of fused-ring (bicyclic) bond motifs is 1. The molecule has 3 aromatic rings. The van der Waals surface area contributed by atoms with E-state index in [0.717, 1.165) is 17.4 Å². The third-order valence-corrected chi connectivity index (χ3v) is 5.14. The van der Waals surface area contributed by atoms with Crippen LogP contribution in [0.2, 0.25) is 0 Å². The van der Waals surface area contributed by atoms with Gasteiger partial charge in [-0.25, -0.2) is 9.37 Å². The van der Waals surface area contributed by atoms with Gasteiger partial charge >= 0.3 is 5.95 Å². The van der Waals surface area contributed by atoms with Crippen LogP contribution in [0.15, 0.2) is 29.0 Å². The number of hydrogen-bond acceptors (Lipinski definition) is 11. The highest BCUT2D eigenvalue weighted by Crippen LogP contribution is 2.41. The van der Waals surface area contributed by atoms with E-state index in [1.165, 1.54) is 21.3 Å². The van der Waals surface area contributed by atoms with Crippen molar-refractivity contribution < 1.29 is 37.7 Å². The fourth-order valence-electron chi connectivity index (χ4n) is 3.30. The number of halogens is 1. The van der Waals surface area contributed by atoms with Crippen LogP contribution in [0, 0.1) is 5.82 Å². The highest BCUT2D eigenvalue weighted by Gasteiger charge is 2.46. The quantitative estimate of drug-likeness (QED) is 0.306. The van der Waals surface area contributed by atoms with Gasteiger partial charge in [0.25, 0.3) is 23.6 Å². The van der Waals surface area contributed by atoms with E-state index in [9.17, 15) is 14.3 Å². The normalized spacial score (nSPS) is 13.7. The number of aliphatic hydroxyl groups excluding tert-OH is 1. The SMILES string of the molecule is COc1cc(Nc2ncc(F)c(N(CO)c3c[o+]c4c(n3)NC(=O)C(C)(C)O4)n2)cc(OC)c1OC. The zero-order valence-electron chi connectivity index (χ0n) is 20.1. The van der Waals surface area contributed by atoms with Gasteiger partial charge < -0.3 is 24.6 Å². The van der Waals surface area contributed by atoms with Gasteiger partial charge in [0.2, 0.25) is 17.5 Å². The zero-order valence-corrected chi connectivity index (χ0v) is 20.1. The van der Waals surface area contributed by atoms with Gasteiger partial charge in [0, 0.05) is 31.7 Å². The van der Waals surface area contributed by atoms with Crippen molar-refractivity contribution in [1.29, 1.82) is 0 Å². The lowest BCUT2D eigenvalue weighted by molar-refractivity contribution is -0.131. The first-order valence-corrected chi connectivity index (χ1v) is 10.5. The predicted molar refractivity (Wildman–Crippen MR) is 125 cm³/mol. The van der Waals surface area contributed by atoms with E-state index in [1.807, 2.05) is 0 Å². The number of aliphatic hydroxyl groups is 1. The highest BCUT2D eigenvalue weighted by molar-refractivity contribution is 5.98. The largest absolute Gasteiger partial charge is 0.564 e. The van der Waals surface area contributed by atoms with Gasteiger partial charge in [-0.3, -0.25) is 24.2 Å². The fourth-order valence-corrected chi connectivity index (χ4v) is 3.30. The van der Waals surface area contributed by atoms with Gasteiger partial charge in [0.05, 0.1) is 27.5 Å². The molecule has 3 N–H and O–H groups in total. The lowest BCUT2D eigenvalue weighted by atomic mass is 10.1.